The number of benzene rings is 1. The topological polar surface area (TPSA) is 86.8 Å². The van der Waals surface area contributed by atoms with Crippen LogP contribution in [0.2, 0.25) is 0 Å². The van der Waals surface area contributed by atoms with Gasteiger partial charge in [0.2, 0.25) is 0 Å². The summed E-state index contributed by atoms with van der Waals surface area (Å²) in [6.07, 6.45) is 0. The van der Waals surface area contributed by atoms with Crippen LogP contribution in [0, 0.1) is 0 Å². The lowest BCUT2D eigenvalue weighted by molar-refractivity contribution is 0.0782. The normalized spacial score (nSPS) is 12.2. The summed E-state index contributed by atoms with van der Waals surface area (Å²) >= 11 is 0. The molecule has 88 valence electrons. The van der Waals surface area contributed by atoms with E-state index in [1.54, 1.807) is 14.0 Å². The quantitative estimate of drug-likeness (QED) is 0.698. The van der Waals surface area contributed by atoms with Crippen LogP contribution >= 0.6 is 0 Å². The summed E-state index contributed by atoms with van der Waals surface area (Å²) in [4.78, 5) is 13.2. The molecule has 1 aromatic rings. The van der Waals surface area contributed by atoms with Crippen LogP contribution in [0.1, 0.15) is 17.3 Å². The molecule has 0 spiro atoms. The number of nitrogens with two attached hydrogens (primary N) is 1. The average Bonchev–Trinajstić information content (AvgIpc) is 2.16. The Kier molecular flexibility index (Phi) is 3.73. The molecule has 4 N–H and O–H groups in total. The van der Waals surface area contributed by atoms with Gasteiger partial charge in [-0.05, 0) is 19.1 Å². The second-order valence-corrected chi connectivity index (χ2v) is 3.83. The second-order valence-electron chi connectivity index (χ2n) is 3.83. The first kappa shape index (κ1) is 12.3. The van der Waals surface area contributed by atoms with Crippen LogP contribution < -0.4 is 5.73 Å². The fraction of sp³-hybridized carbons (Fsp3) is 0.364. The van der Waals surface area contributed by atoms with Gasteiger partial charge in [-0.1, -0.05) is 6.07 Å². The number of likely N-dealkylation sites (N-methyl/N-ethyl adjacent to an activating group) is 1. The Morgan fingerprint density at radius 3 is 2.38 bits per heavy atom. The number of amides is 1. The Bertz CT molecular complexity index is 371. The Morgan fingerprint density at radius 2 is 1.94 bits per heavy atom. The third-order valence-electron chi connectivity index (χ3n) is 2.14. The fourth-order valence-electron chi connectivity index (χ4n) is 1.45. The van der Waals surface area contributed by atoms with E-state index in [-0.39, 0.29) is 23.1 Å². The van der Waals surface area contributed by atoms with Crippen LogP contribution in [0.25, 0.3) is 0 Å². The third kappa shape index (κ3) is 2.64. The predicted octanol–water partition coefficient (Wildman–Crippen LogP) is 0.517. The first-order chi connectivity index (χ1) is 7.43. The predicted molar refractivity (Wildman–Crippen MR) is 60.4 cm³/mol. The number of nitrogens with zero attached hydrogens (tertiary/aromatic N) is 1. The van der Waals surface area contributed by atoms with Crippen molar-refractivity contribution in [1.29, 1.82) is 0 Å². The van der Waals surface area contributed by atoms with Crippen molar-refractivity contribution in [1.82, 2.24) is 4.90 Å². The summed E-state index contributed by atoms with van der Waals surface area (Å²) in [5.74, 6) is -0.920. The van der Waals surface area contributed by atoms with Gasteiger partial charge in [0.25, 0.3) is 5.91 Å². The van der Waals surface area contributed by atoms with Gasteiger partial charge in [-0.25, -0.2) is 0 Å². The fourth-order valence-corrected chi connectivity index (χ4v) is 1.45. The molecule has 0 saturated carbocycles. The molecule has 0 aromatic heterocycles. The third-order valence-corrected chi connectivity index (χ3v) is 2.14. The number of phenols is 2. The molecule has 1 atom stereocenters. The Labute approximate surface area is 94.1 Å². The molecule has 1 rings (SSSR count). The molecular weight excluding hydrogens is 208 g/mol. The van der Waals surface area contributed by atoms with Crippen LogP contribution in [-0.2, 0) is 0 Å². The summed E-state index contributed by atoms with van der Waals surface area (Å²) in [6.45, 7) is 2.13. The zero-order valence-corrected chi connectivity index (χ0v) is 9.34. The monoisotopic (exact) mass is 224 g/mol. The highest BCUT2D eigenvalue weighted by Crippen LogP contribution is 2.27. The molecule has 1 aromatic carbocycles. The number of carbonyl (C=O) groups is 1. The minimum atomic E-state index is -0.451. The second kappa shape index (κ2) is 4.85. The standard InChI is InChI=1S/C11H16N2O3/c1-7(12)6-13(2)11(16)10-8(14)4-3-5-9(10)15/h3-5,7,14-15H,6,12H2,1-2H3. The van der Waals surface area contributed by atoms with Gasteiger partial charge in [-0.15, -0.1) is 0 Å². The maximum Gasteiger partial charge on any atom is 0.261 e. The molecule has 5 nitrogen and oxygen atoms in total. The molecular formula is C11H16N2O3. The molecule has 0 aliphatic carbocycles. The molecule has 0 radical (unpaired) electrons. The highest BCUT2D eigenvalue weighted by Gasteiger charge is 2.20. The average molecular weight is 224 g/mol. The molecule has 0 fully saturated rings. The largest absolute Gasteiger partial charge is 0.507 e. The first-order valence-electron chi connectivity index (χ1n) is 4.95. The van der Waals surface area contributed by atoms with Crippen molar-refractivity contribution in [2.24, 2.45) is 5.73 Å². The van der Waals surface area contributed by atoms with Gasteiger partial charge in [0.1, 0.15) is 17.1 Å². The summed E-state index contributed by atoms with van der Waals surface area (Å²) in [7, 11) is 1.57. The zero-order valence-electron chi connectivity index (χ0n) is 9.34. The molecule has 1 amide bonds. The van der Waals surface area contributed by atoms with Crippen LogP contribution in [0.15, 0.2) is 18.2 Å². The van der Waals surface area contributed by atoms with Crippen LogP contribution in [0.3, 0.4) is 0 Å². The number of phenolic OH excluding ortho intramolecular Hbond substituents is 2. The molecule has 0 saturated heterocycles. The van der Waals surface area contributed by atoms with Crippen molar-refractivity contribution < 1.29 is 15.0 Å². The maximum atomic E-state index is 11.9. The van der Waals surface area contributed by atoms with Crippen LogP contribution in [0.4, 0.5) is 0 Å². The minimum absolute atomic E-state index is 0.0920. The van der Waals surface area contributed by atoms with Gasteiger partial charge in [-0.3, -0.25) is 4.79 Å². The van der Waals surface area contributed by atoms with Gasteiger partial charge in [-0.2, -0.15) is 0 Å². The number of hydrogen-bond donors (Lipinski definition) is 3. The van der Waals surface area contributed by atoms with E-state index in [1.165, 1.54) is 23.1 Å². The first-order valence-corrected chi connectivity index (χ1v) is 4.95. The summed E-state index contributed by atoms with van der Waals surface area (Å²) < 4.78 is 0. The van der Waals surface area contributed by atoms with E-state index in [2.05, 4.69) is 0 Å². The lowest BCUT2D eigenvalue weighted by Crippen LogP contribution is -2.37. The van der Waals surface area contributed by atoms with Gasteiger partial charge in [0, 0.05) is 19.6 Å². The van der Waals surface area contributed by atoms with E-state index in [4.69, 9.17) is 5.73 Å². The smallest absolute Gasteiger partial charge is 0.261 e. The lowest BCUT2D eigenvalue weighted by Gasteiger charge is -2.20. The molecule has 0 bridgehead atoms. The van der Waals surface area contributed by atoms with Crippen LogP contribution in [-0.4, -0.2) is 40.7 Å². The number of hydrogen-bond acceptors (Lipinski definition) is 4. The van der Waals surface area contributed by atoms with E-state index >= 15 is 0 Å². The van der Waals surface area contributed by atoms with E-state index in [1.807, 2.05) is 0 Å². The highest BCUT2D eigenvalue weighted by molar-refractivity contribution is 5.99. The van der Waals surface area contributed by atoms with Crippen molar-refractivity contribution in [3.8, 4) is 11.5 Å². The highest BCUT2D eigenvalue weighted by atomic mass is 16.3. The van der Waals surface area contributed by atoms with Gasteiger partial charge in [0.05, 0.1) is 0 Å². The number of rotatable bonds is 3. The Balaban J connectivity index is 2.96. The van der Waals surface area contributed by atoms with Crippen molar-refractivity contribution >= 4 is 5.91 Å². The maximum absolute atomic E-state index is 11.9. The van der Waals surface area contributed by atoms with Crippen molar-refractivity contribution in [2.75, 3.05) is 13.6 Å². The van der Waals surface area contributed by atoms with E-state index in [9.17, 15) is 15.0 Å². The molecule has 0 heterocycles. The lowest BCUT2D eigenvalue weighted by atomic mass is 10.1. The molecule has 1 unspecified atom stereocenters. The SMILES string of the molecule is CC(N)CN(C)C(=O)c1c(O)cccc1O. The van der Waals surface area contributed by atoms with Crippen LogP contribution in [0.5, 0.6) is 11.5 Å². The minimum Gasteiger partial charge on any atom is -0.507 e. The molecule has 5 heteroatoms. The van der Waals surface area contributed by atoms with Gasteiger partial charge in [0.15, 0.2) is 0 Å². The molecule has 16 heavy (non-hydrogen) atoms. The number of carbonyl (C=O) groups excluding carboxylic acids is 1. The Morgan fingerprint density at radius 1 is 1.44 bits per heavy atom. The zero-order chi connectivity index (χ0) is 12.3. The van der Waals surface area contributed by atoms with E-state index in [0.717, 1.165) is 0 Å². The Hall–Kier alpha value is -1.75. The van der Waals surface area contributed by atoms with Crippen molar-refractivity contribution in [3.05, 3.63) is 23.8 Å². The van der Waals surface area contributed by atoms with E-state index < -0.39 is 5.91 Å². The van der Waals surface area contributed by atoms with Crippen molar-refractivity contribution in [3.63, 3.8) is 0 Å². The van der Waals surface area contributed by atoms with Crippen molar-refractivity contribution in [2.45, 2.75) is 13.0 Å². The summed E-state index contributed by atoms with van der Waals surface area (Å²) in [6, 6.07) is 4.01. The van der Waals surface area contributed by atoms with Gasteiger partial charge >= 0.3 is 0 Å². The summed E-state index contributed by atoms with van der Waals surface area (Å²) in [5.41, 5.74) is 5.47. The van der Waals surface area contributed by atoms with Gasteiger partial charge < -0.3 is 20.8 Å². The summed E-state index contributed by atoms with van der Waals surface area (Å²) in [5, 5.41) is 19.0. The molecule has 0 aliphatic rings. The molecule has 0 aliphatic heterocycles. The van der Waals surface area contributed by atoms with E-state index in [0.29, 0.717) is 6.54 Å². The number of aromatic hydroxyl groups is 2.